The van der Waals surface area contributed by atoms with E-state index in [0.717, 1.165) is 31.7 Å². The van der Waals surface area contributed by atoms with Gasteiger partial charge in [-0.15, -0.1) is 0 Å². The zero-order valence-corrected chi connectivity index (χ0v) is 10.9. The standard InChI is InChI=1S/C12H23NO2S/c1-13-6-8-16-9-11(13)12(14)5-4-10-3-2-7-15-10/h10-12,14H,2-9H2,1H3. The molecule has 0 saturated carbocycles. The number of aliphatic hydroxyl groups is 1. The van der Waals surface area contributed by atoms with Gasteiger partial charge in [0.05, 0.1) is 12.2 Å². The molecule has 2 aliphatic heterocycles. The van der Waals surface area contributed by atoms with Crippen LogP contribution in [0.1, 0.15) is 25.7 Å². The Morgan fingerprint density at radius 1 is 1.56 bits per heavy atom. The van der Waals surface area contributed by atoms with Gasteiger partial charge in [0.1, 0.15) is 0 Å². The van der Waals surface area contributed by atoms with Crippen LogP contribution in [0.4, 0.5) is 0 Å². The third-order valence-electron chi connectivity index (χ3n) is 3.70. The Hall–Kier alpha value is 0.230. The molecule has 0 aromatic carbocycles. The largest absolute Gasteiger partial charge is 0.391 e. The first-order valence-corrected chi connectivity index (χ1v) is 7.50. The third-order valence-corrected chi connectivity index (χ3v) is 4.74. The molecular formula is C12H23NO2S. The fraction of sp³-hybridized carbons (Fsp3) is 1.00. The summed E-state index contributed by atoms with van der Waals surface area (Å²) in [5, 5.41) is 10.2. The van der Waals surface area contributed by atoms with E-state index in [4.69, 9.17) is 4.74 Å². The minimum absolute atomic E-state index is 0.179. The molecule has 0 amide bonds. The molecule has 0 spiro atoms. The summed E-state index contributed by atoms with van der Waals surface area (Å²) in [6.07, 6.45) is 4.52. The van der Waals surface area contributed by atoms with E-state index in [1.807, 2.05) is 11.8 Å². The van der Waals surface area contributed by atoms with Crippen LogP contribution in [0.15, 0.2) is 0 Å². The van der Waals surface area contributed by atoms with Gasteiger partial charge >= 0.3 is 0 Å². The summed E-state index contributed by atoms with van der Waals surface area (Å²) in [5.74, 6) is 2.27. The van der Waals surface area contributed by atoms with Gasteiger partial charge in [0.2, 0.25) is 0 Å². The molecule has 0 aromatic rings. The van der Waals surface area contributed by atoms with Crippen LogP contribution in [0.25, 0.3) is 0 Å². The molecule has 2 aliphatic rings. The molecule has 3 atom stereocenters. The van der Waals surface area contributed by atoms with Crippen molar-refractivity contribution in [3.63, 3.8) is 0 Å². The van der Waals surface area contributed by atoms with Crippen molar-refractivity contribution < 1.29 is 9.84 Å². The fourth-order valence-electron chi connectivity index (χ4n) is 2.53. The molecule has 2 heterocycles. The first-order chi connectivity index (χ1) is 7.77. The van der Waals surface area contributed by atoms with Gasteiger partial charge in [0.15, 0.2) is 0 Å². The van der Waals surface area contributed by atoms with Gasteiger partial charge in [0, 0.05) is 30.7 Å². The van der Waals surface area contributed by atoms with Crippen LogP contribution in [0.2, 0.25) is 0 Å². The van der Waals surface area contributed by atoms with Crippen molar-refractivity contribution in [1.29, 1.82) is 0 Å². The van der Waals surface area contributed by atoms with E-state index >= 15 is 0 Å². The smallest absolute Gasteiger partial charge is 0.0704 e. The van der Waals surface area contributed by atoms with Crippen molar-refractivity contribution in [2.24, 2.45) is 0 Å². The second kappa shape index (κ2) is 6.24. The third kappa shape index (κ3) is 3.36. The van der Waals surface area contributed by atoms with Gasteiger partial charge in [-0.3, -0.25) is 4.90 Å². The second-order valence-corrected chi connectivity index (χ2v) is 6.05. The molecule has 2 fully saturated rings. The number of thioether (sulfide) groups is 1. The fourth-order valence-corrected chi connectivity index (χ4v) is 3.83. The van der Waals surface area contributed by atoms with E-state index in [0.29, 0.717) is 12.1 Å². The SMILES string of the molecule is CN1CCSCC1C(O)CCC1CCCO1. The van der Waals surface area contributed by atoms with Gasteiger partial charge in [-0.2, -0.15) is 11.8 Å². The Bertz CT molecular complexity index is 209. The lowest BCUT2D eigenvalue weighted by Gasteiger charge is -2.35. The molecule has 0 radical (unpaired) electrons. The van der Waals surface area contributed by atoms with E-state index < -0.39 is 0 Å². The molecule has 3 unspecified atom stereocenters. The molecule has 1 N–H and O–H groups in total. The maximum atomic E-state index is 10.2. The number of likely N-dealkylation sites (N-methyl/N-ethyl adjacent to an activating group) is 1. The maximum Gasteiger partial charge on any atom is 0.0704 e. The normalized spacial score (nSPS) is 34.1. The van der Waals surface area contributed by atoms with Crippen LogP contribution in [0, 0.1) is 0 Å². The topological polar surface area (TPSA) is 32.7 Å². The van der Waals surface area contributed by atoms with Gasteiger partial charge < -0.3 is 9.84 Å². The minimum atomic E-state index is -0.179. The molecule has 16 heavy (non-hydrogen) atoms. The van der Waals surface area contributed by atoms with Crippen LogP contribution in [-0.2, 0) is 4.74 Å². The summed E-state index contributed by atoms with van der Waals surface area (Å²) >= 11 is 1.96. The zero-order valence-electron chi connectivity index (χ0n) is 10.1. The minimum Gasteiger partial charge on any atom is -0.391 e. The number of hydrogen-bond acceptors (Lipinski definition) is 4. The summed E-state index contributed by atoms with van der Waals surface area (Å²) in [5.41, 5.74) is 0. The van der Waals surface area contributed by atoms with E-state index in [9.17, 15) is 5.11 Å². The van der Waals surface area contributed by atoms with E-state index in [-0.39, 0.29) is 6.10 Å². The van der Waals surface area contributed by atoms with Crippen LogP contribution >= 0.6 is 11.8 Å². The highest BCUT2D eigenvalue weighted by molar-refractivity contribution is 7.99. The van der Waals surface area contributed by atoms with Crippen molar-refractivity contribution in [3.8, 4) is 0 Å². The predicted molar refractivity (Wildman–Crippen MR) is 68.0 cm³/mol. The van der Waals surface area contributed by atoms with Crippen molar-refractivity contribution in [1.82, 2.24) is 4.90 Å². The first-order valence-electron chi connectivity index (χ1n) is 6.35. The summed E-state index contributed by atoms with van der Waals surface area (Å²) in [6.45, 7) is 2.02. The number of ether oxygens (including phenoxy) is 1. The lowest BCUT2D eigenvalue weighted by Crippen LogP contribution is -2.47. The van der Waals surface area contributed by atoms with Crippen molar-refractivity contribution in [3.05, 3.63) is 0 Å². The van der Waals surface area contributed by atoms with Crippen LogP contribution < -0.4 is 0 Å². The Morgan fingerprint density at radius 2 is 2.44 bits per heavy atom. The van der Waals surface area contributed by atoms with Crippen LogP contribution in [-0.4, -0.2) is 60.0 Å². The number of rotatable bonds is 4. The predicted octanol–water partition coefficient (Wildman–Crippen LogP) is 1.35. The van der Waals surface area contributed by atoms with Gasteiger partial charge in [0.25, 0.3) is 0 Å². The van der Waals surface area contributed by atoms with E-state index in [1.54, 1.807) is 0 Å². The Morgan fingerprint density at radius 3 is 3.12 bits per heavy atom. The highest BCUT2D eigenvalue weighted by Crippen LogP contribution is 2.22. The molecule has 2 rings (SSSR count). The highest BCUT2D eigenvalue weighted by atomic mass is 32.2. The van der Waals surface area contributed by atoms with Crippen LogP contribution in [0.3, 0.4) is 0 Å². The number of hydrogen-bond donors (Lipinski definition) is 1. The van der Waals surface area contributed by atoms with Crippen LogP contribution in [0.5, 0.6) is 0 Å². The van der Waals surface area contributed by atoms with E-state index in [2.05, 4.69) is 11.9 Å². The van der Waals surface area contributed by atoms with E-state index in [1.165, 1.54) is 18.6 Å². The molecule has 94 valence electrons. The maximum absolute atomic E-state index is 10.2. The summed E-state index contributed by atoms with van der Waals surface area (Å²) < 4.78 is 5.59. The Labute approximate surface area is 103 Å². The molecule has 2 saturated heterocycles. The quantitative estimate of drug-likeness (QED) is 0.810. The average molecular weight is 245 g/mol. The summed E-state index contributed by atoms with van der Waals surface area (Å²) in [6, 6.07) is 0.347. The molecule has 3 nitrogen and oxygen atoms in total. The molecule has 0 bridgehead atoms. The molecule has 0 aromatic heterocycles. The second-order valence-electron chi connectivity index (χ2n) is 4.90. The Kier molecular flexibility index (Phi) is 4.95. The molecular weight excluding hydrogens is 222 g/mol. The molecule has 4 heteroatoms. The average Bonchev–Trinajstić information content (AvgIpc) is 2.79. The monoisotopic (exact) mass is 245 g/mol. The number of aliphatic hydroxyl groups excluding tert-OH is 1. The van der Waals surface area contributed by atoms with Crippen molar-refractivity contribution >= 4 is 11.8 Å². The Balaban J connectivity index is 1.71. The van der Waals surface area contributed by atoms with Crippen molar-refractivity contribution in [2.75, 3.05) is 31.7 Å². The molecule has 0 aliphatic carbocycles. The van der Waals surface area contributed by atoms with Gasteiger partial charge in [-0.1, -0.05) is 0 Å². The van der Waals surface area contributed by atoms with Gasteiger partial charge in [-0.05, 0) is 32.7 Å². The zero-order chi connectivity index (χ0) is 11.4. The summed E-state index contributed by atoms with van der Waals surface area (Å²) in [4.78, 5) is 2.30. The van der Waals surface area contributed by atoms with Crippen molar-refractivity contribution in [2.45, 2.75) is 43.9 Å². The number of nitrogens with zero attached hydrogens (tertiary/aromatic N) is 1. The van der Waals surface area contributed by atoms with Gasteiger partial charge in [-0.25, -0.2) is 0 Å². The lowest BCUT2D eigenvalue weighted by atomic mass is 10.0. The summed E-state index contributed by atoms with van der Waals surface area (Å²) in [7, 11) is 2.12. The lowest BCUT2D eigenvalue weighted by molar-refractivity contribution is 0.0446. The highest BCUT2D eigenvalue weighted by Gasteiger charge is 2.27. The first kappa shape index (κ1) is 12.7.